The van der Waals surface area contributed by atoms with Crippen molar-refractivity contribution in [3.05, 3.63) is 66.0 Å². The van der Waals surface area contributed by atoms with Crippen molar-refractivity contribution in [3.63, 3.8) is 0 Å². The zero-order valence-corrected chi connectivity index (χ0v) is 23.6. The summed E-state index contributed by atoms with van der Waals surface area (Å²) >= 11 is 0. The second kappa shape index (κ2) is 10.7. The Morgan fingerprint density at radius 3 is 2.46 bits per heavy atom. The quantitative estimate of drug-likeness (QED) is 0.428. The van der Waals surface area contributed by atoms with E-state index in [0.717, 1.165) is 24.0 Å². The Morgan fingerprint density at radius 1 is 1.08 bits per heavy atom. The Morgan fingerprint density at radius 2 is 1.82 bits per heavy atom. The first kappa shape index (κ1) is 27.8. The number of benzene rings is 1. The molecule has 2 amide bonds. The molecular formula is C30H41BN4O4. The fourth-order valence-corrected chi connectivity index (χ4v) is 6.91. The number of carbonyl (C=O) groups is 2. The molecule has 2 bridgehead atoms. The third kappa shape index (κ3) is 5.24. The van der Waals surface area contributed by atoms with Crippen LogP contribution >= 0.6 is 0 Å². The number of carbonyl (C=O) groups excluding carboxylic acids is 2. The highest BCUT2D eigenvalue weighted by Gasteiger charge is 2.68. The lowest BCUT2D eigenvalue weighted by atomic mass is 9.43. The molecule has 0 unspecified atom stereocenters. The Balaban J connectivity index is 1.31. The molecule has 2 aromatic rings. The zero-order chi connectivity index (χ0) is 27.9. The highest BCUT2D eigenvalue weighted by Crippen LogP contribution is 2.66. The van der Waals surface area contributed by atoms with E-state index < -0.39 is 30.7 Å². The predicted molar refractivity (Wildman–Crippen MR) is 150 cm³/mol. The van der Waals surface area contributed by atoms with Gasteiger partial charge >= 0.3 is 7.12 Å². The number of amides is 2. The summed E-state index contributed by atoms with van der Waals surface area (Å²) in [5, 5.41) is 6.06. The number of aromatic nitrogens is 1. The van der Waals surface area contributed by atoms with Crippen molar-refractivity contribution in [2.45, 2.75) is 83.6 Å². The highest BCUT2D eigenvalue weighted by atomic mass is 16.7. The highest BCUT2D eigenvalue weighted by molar-refractivity contribution is 6.47. The van der Waals surface area contributed by atoms with Crippen molar-refractivity contribution in [2.24, 2.45) is 28.9 Å². The minimum absolute atomic E-state index is 0.00605. The summed E-state index contributed by atoms with van der Waals surface area (Å²) in [7, 11) is -0.627. The first-order chi connectivity index (χ1) is 18.5. The van der Waals surface area contributed by atoms with E-state index in [2.05, 4.69) is 36.4 Å². The van der Waals surface area contributed by atoms with Crippen molar-refractivity contribution in [2.75, 3.05) is 0 Å². The Hall–Kier alpha value is -2.75. The fourth-order valence-electron chi connectivity index (χ4n) is 6.91. The molecule has 0 radical (unpaired) electrons. The molecule has 8 nitrogen and oxygen atoms in total. The van der Waals surface area contributed by atoms with Crippen LogP contribution in [0.3, 0.4) is 0 Å². The summed E-state index contributed by atoms with van der Waals surface area (Å²) in [4.78, 5) is 30.8. The van der Waals surface area contributed by atoms with Crippen molar-refractivity contribution in [1.82, 2.24) is 15.6 Å². The van der Waals surface area contributed by atoms with Crippen molar-refractivity contribution >= 4 is 18.9 Å². The van der Waals surface area contributed by atoms with Gasteiger partial charge in [-0.2, -0.15) is 0 Å². The van der Waals surface area contributed by atoms with E-state index in [-0.39, 0.29) is 29.3 Å². The molecule has 1 aliphatic heterocycles. The van der Waals surface area contributed by atoms with E-state index in [9.17, 15) is 9.59 Å². The van der Waals surface area contributed by atoms with Crippen LogP contribution in [-0.4, -0.2) is 47.7 Å². The van der Waals surface area contributed by atoms with Crippen molar-refractivity contribution in [3.8, 4) is 0 Å². The number of pyridine rings is 1. The number of nitrogens with one attached hydrogen (secondary N) is 2. The third-order valence-corrected chi connectivity index (χ3v) is 9.46. The molecule has 1 aromatic carbocycles. The van der Waals surface area contributed by atoms with Gasteiger partial charge in [0, 0.05) is 12.4 Å². The van der Waals surface area contributed by atoms with Gasteiger partial charge in [-0.1, -0.05) is 64.1 Å². The number of rotatable bonds is 9. The molecule has 39 heavy (non-hydrogen) atoms. The summed E-state index contributed by atoms with van der Waals surface area (Å²) in [5.74, 6) is -0.312. The fraction of sp³-hybridized carbons (Fsp3) is 0.567. The zero-order valence-electron chi connectivity index (χ0n) is 23.6. The third-order valence-electron chi connectivity index (χ3n) is 9.46. The van der Waals surface area contributed by atoms with Crippen LogP contribution in [0.5, 0.6) is 0 Å². The van der Waals surface area contributed by atoms with Crippen LogP contribution in [0.2, 0.25) is 0 Å². The molecular weight excluding hydrogens is 491 g/mol. The normalized spacial score (nSPS) is 29.1. The summed E-state index contributed by atoms with van der Waals surface area (Å²) in [5.41, 5.74) is 7.78. The molecule has 3 aliphatic carbocycles. The maximum Gasteiger partial charge on any atom is 0.486 e. The first-order valence-corrected chi connectivity index (χ1v) is 14.1. The van der Waals surface area contributed by atoms with Gasteiger partial charge in [-0.05, 0) is 66.5 Å². The number of nitrogens with zero attached hydrogens (tertiary/aromatic N) is 1. The van der Waals surface area contributed by atoms with Gasteiger partial charge in [-0.15, -0.1) is 0 Å². The Bertz CT molecular complexity index is 1180. The molecule has 4 aliphatic rings. The van der Waals surface area contributed by atoms with Crippen molar-refractivity contribution < 1.29 is 18.9 Å². The second-order valence-corrected chi connectivity index (χ2v) is 12.6. The predicted octanol–water partition coefficient (Wildman–Crippen LogP) is 3.22. The standard InChI is InChI=1S/C30H41BN4O4/c1-18(2)25(34-27(36)22(32)14-19-10-9-13-33-17-19)28(37)35-26(20-11-7-6-8-12-20)31-38-24-16-21-15-23(29(21,3)4)30(24,5)39-31/h6-13,17-18,21-26H,14-16,32H2,1-5H3,(H,34,36)(H,35,37)/t21-,22+,23-,24+,25-,26-,30-/m0/s1. The van der Waals surface area contributed by atoms with Crippen LogP contribution in [-0.2, 0) is 25.3 Å². The first-order valence-electron chi connectivity index (χ1n) is 14.1. The van der Waals surface area contributed by atoms with E-state index in [1.165, 1.54) is 0 Å². The molecule has 1 saturated heterocycles. The van der Waals surface area contributed by atoms with E-state index in [1.54, 1.807) is 12.4 Å². The van der Waals surface area contributed by atoms with Crippen LogP contribution in [0.4, 0.5) is 0 Å². The van der Waals surface area contributed by atoms with Gasteiger partial charge < -0.3 is 25.7 Å². The Kier molecular flexibility index (Phi) is 7.61. The van der Waals surface area contributed by atoms with Crippen LogP contribution < -0.4 is 16.4 Å². The van der Waals surface area contributed by atoms with Gasteiger partial charge in [0.2, 0.25) is 11.8 Å². The monoisotopic (exact) mass is 532 g/mol. The van der Waals surface area contributed by atoms with E-state index in [1.807, 2.05) is 56.3 Å². The van der Waals surface area contributed by atoms with Crippen molar-refractivity contribution in [1.29, 1.82) is 0 Å². The van der Waals surface area contributed by atoms with Gasteiger partial charge in [0.1, 0.15) is 6.04 Å². The summed E-state index contributed by atoms with van der Waals surface area (Å²) in [6.07, 6.45) is 5.81. The molecule has 6 rings (SSSR count). The van der Waals surface area contributed by atoms with Gasteiger partial charge in [-0.25, -0.2) is 0 Å². The van der Waals surface area contributed by atoms with Crippen LogP contribution in [0.25, 0.3) is 0 Å². The second-order valence-electron chi connectivity index (χ2n) is 12.6. The lowest BCUT2D eigenvalue weighted by Crippen LogP contribution is -2.65. The topological polar surface area (TPSA) is 116 Å². The summed E-state index contributed by atoms with van der Waals surface area (Å²) in [6.45, 7) is 10.6. The molecule has 2 heterocycles. The smallest absolute Gasteiger partial charge is 0.404 e. The van der Waals surface area contributed by atoms with Crippen LogP contribution in [0.1, 0.15) is 64.5 Å². The number of hydrogen-bond acceptors (Lipinski definition) is 6. The molecule has 9 heteroatoms. The molecule has 0 spiro atoms. The minimum atomic E-state index is -0.799. The van der Waals surface area contributed by atoms with Gasteiger partial charge in [0.25, 0.3) is 0 Å². The number of nitrogens with two attached hydrogens (primary N) is 1. The largest absolute Gasteiger partial charge is 0.486 e. The van der Waals surface area contributed by atoms with E-state index in [0.29, 0.717) is 18.3 Å². The molecule has 3 saturated carbocycles. The Labute approximate surface area is 232 Å². The SMILES string of the molecule is CC(C)[C@H](NC(=O)[C@H](N)Cc1cccnc1)C(=O)N[C@H](B1O[C@@H]2C[C@@H]3C[C@@H](C3(C)C)[C@]2(C)O1)c1ccccc1. The lowest BCUT2D eigenvalue weighted by molar-refractivity contribution is -0.199. The van der Waals surface area contributed by atoms with Gasteiger partial charge in [0.05, 0.1) is 23.7 Å². The van der Waals surface area contributed by atoms with Gasteiger partial charge in [-0.3, -0.25) is 14.6 Å². The lowest BCUT2D eigenvalue weighted by Gasteiger charge is -2.64. The van der Waals surface area contributed by atoms with E-state index in [4.69, 9.17) is 15.0 Å². The summed E-state index contributed by atoms with van der Waals surface area (Å²) in [6, 6.07) is 11.9. The van der Waals surface area contributed by atoms with E-state index >= 15 is 0 Å². The molecule has 1 aromatic heterocycles. The van der Waals surface area contributed by atoms with Crippen LogP contribution in [0.15, 0.2) is 54.9 Å². The number of hydrogen-bond donors (Lipinski definition) is 3. The molecule has 4 N–H and O–H groups in total. The average molecular weight is 532 g/mol. The molecule has 208 valence electrons. The van der Waals surface area contributed by atoms with Gasteiger partial charge in [0.15, 0.2) is 0 Å². The maximum atomic E-state index is 13.7. The maximum absolute atomic E-state index is 13.7. The average Bonchev–Trinajstić information content (AvgIpc) is 3.27. The molecule has 4 fully saturated rings. The van der Waals surface area contributed by atoms with Crippen LogP contribution in [0, 0.1) is 23.2 Å². The summed E-state index contributed by atoms with van der Waals surface area (Å²) < 4.78 is 13.3. The minimum Gasteiger partial charge on any atom is -0.404 e. The molecule has 7 atom stereocenters.